The molecule has 0 saturated heterocycles. The molecule has 106 valence electrons. The fraction of sp³-hybridized carbons (Fsp3) is 0.294. The fourth-order valence-corrected chi connectivity index (χ4v) is 2.65. The Labute approximate surface area is 129 Å². The quantitative estimate of drug-likeness (QED) is 0.885. The van der Waals surface area contributed by atoms with E-state index in [1.165, 1.54) is 5.56 Å². The summed E-state index contributed by atoms with van der Waals surface area (Å²) in [5.41, 5.74) is 9.84. The van der Waals surface area contributed by atoms with Crippen LogP contribution < -0.4 is 10.5 Å². The van der Waals surface area contributed by atoms with Crippen molar-refractivity contribution < 1.29 is 4.74 Å². The molecule has 2 aromatic rings. The lowest BCUT2D eigenvalue weighted by Gasteiger charge is -2.16. The van der Waals surface area contributed by atoms with Gasteiger partial charge in [0.2, 0.25) is 0 Å². The molecule has 0 aliphatic carbocycles. The maximum absolute atomic E-state index is 6.38. The third kappa shape index (κ3) is 3.22. The normalized spacial score (nSPS) is 12.5. The average Bonchev–Trinajstić information content (AvgIpc) is 2.47. The van der Waals surface area contributed by atoms with Crippen LogP contribution in [0.3, 0.4) is 0 Å². The van der Waals surface area contributed by atoms with Crippen molar-refractivity contribution in [3.05, 3.63) is 63.6 Å². The van der Waals surface area contributed by atoms with E-state index in [4.69, 9.17) is 10.5 Å². The summed E-state index contributed by atoms with van der Waals surface area (Å²) in [6, 6.07) is 14.2. The van der Waals surface area contributed by atoms with E-state index >= 15 is 0 Å². The van der Waals surface area contributed by atoms with Gasteiger partial charge < -0.3 is 10.5 Å². The van der Waals surface area contributed by atoms with Crippen molar-refractivity contribution >= 4 is 15.9 Å². The first-order valence-electron chi connectivity index (χ1n) is 6.71. The van der Waals surface area contributed by atoms with E-state index in [-0.39, 0.29) is 6.04 Å². The van der Waals surface area contributed by atoms with E-state index in [0.717, 1.165) is 21.3 Å². The molecule has 2 aromatic carbocycles. The second-order valence-electron chi connectivity index (χ2n) is 5.19. The minimum absolute atomic E-state index is 0.166. The molecule has 0 aromatic heterocycles. The van der Waals surface area contributed by atoms with Crippen LogP contribution >= 0.6 is 15.9 Å². The second-order valence-corrected chi connectivity index (χ2v) is 6.04. The Morgan fingerprint density at radius 1 is 1.00 bits per heavy atom. The zero-order valence-corrected chi connectivity index (χ0v) is 13.6. The second kappa shape index (κ2) is 6.42. The van der Waals surface area contributed by atoms with Crippen LogP contribution in [0, 0.1) is 0 Å². The van der Waals surface area contributed by atoms with Gasteiger partial charge in [0, 0.05) is 4.47 Å². The lowest BCUT2D eigenvalue weighted by atomic mass is 9.96. The molecular formula is C17H20BrNO. The van der Waals surface area contributed by atoms with Crippen LogP contribution in [0.15, 0.2) is 46.9 Å². The van der Waals surface area contributed by atoms with Gasteiger partial charge >= 0.3 is 0 Å². The summed E-state index contributed by atoms with van der Waals surface area (Å²) in [5.74, 6) is 1.35. The van der Waals surface area contributed by atoms with Crippen molar-refractivity contribution in [3.63, 3.8) is 0 Å². The van der Waals surface area contributed by atoms with Gasteiger partial charge in [0.1, 0.15) is 5.75 Å². The maximum Gasteiger partial charge on any atom is 0.119 e. The molecule has 0 heterocycles. The van der Waals surface area contributed by atoms with E-state index in [1.807, 2.05) is 18.2 Å². The van der Waals surface area contributed by atoms with Crippen molar-refractivity contribution in [1.29, 1.82) is 0 Å². The molecule has 1 atom stereocenters. The minimum Gasteiger partial charge on any atom is -0.497 e. The third-order valence-electron chi connectivity index (χ3n) is 3.50. The Balaban J connectivity index is 2.33. The molecular weight excluding hydrogens is 314 g/mol. The SMILES string of the molecule is COc1ccc(Br)c(C(N)c2ccc(C(C)C)cc2)c1. The van der Waals surface area contributed by atoms with Gasteiger partial charge in [0.25, 0.3) is 0 Å². The van der Waals surface area contributed by atoms with Crippen molar-refractivity contribution in [2.45, 2.75) is 25.8 Å². The van der Waals surface area contributed by atoms with Gasteiger partial charge in [0.05, 0.1) is 13.2 Å². The van der Waals surface area contributed by atoms with Crippen molar-refractivity contribution in [2.75, 3.05) is 7.11 Å². The molecule has 0 saturated carbocycles. The maximum atomic E-state index is 6.38. The van der Waals surface area contributed by atoms with E-state index in [1.54, 1.807) is 7.11 Å². The lowest BCUT2D eigenvalue weighted by molar-refractivity contribution is 0.414. The third-order valence-corrected chi connectivity index (χ3v) is 4.22. The zero-order chi connectivity index (χ0) is 14.7. The largest absolute Gasteiger partial charge is 0.497 e. The van der Waals surface area contributed by atoms with Crippen molar-refractivity contribution in [1.82, 2.24) is 0 Å². The Morgan fingerprint density at radius 3 is 2.15 bits per heavy atom. The summed E-state index contributed by atoms with van der Waals surface area (Å²) < 4.78 is 6.27. The summed E-state index contributed by atoms with van der Waals surface area (Å²) in [6.45, 7) is 4.38. The van der Waals surface area contributed by atoms with E-state index in [2.05, 4.69) is 54.0 Å². The van der Waals surface area contributed by atoms with Crippen LogP contribution in [0.4, 0.5) is 0 Å². The first kappa shape index (κ1) is 15.1. The summed E-state index contributed by atoms with van der Waals surface area (Å²) in [5, 5.41) is 0. The minimum atomic E-state index is -0.166. The molecule has 20 heavy (non-hydrogen) atoms. The molecule has 3 heteroatoms. The number of halogens is 1. The standard InChI is InChI=1S/C17H20BrNO/c1-11(2)12-4-6-13(7-5-12)17(19)15-10-14(20-3)8-9-16(15)18/h4-11,17H,19H2,1-3H3. The van der Waals surface area contributed by atoms with Crippen LogP contribution in [-0.2, 0) is 0 Å². The van der Waals surface area contributed by atoms with Crippen LogP contribution in [0.5, 0.6) is 5.75 Å². The highest BCUT2D eigenvalue weighted by atomic mass is 79.9. The smallest absolute Gasteiger partial charge is 0.119 e. The monoisotopic (exact) mass is 333 g/mol. The van der Waals surface area contributed by atoms with Crippen LogP contribution in [0.2, 0.25) is 0 Å². The van der Waals surface area contributed by atoms with Crippen molar-refractivity contribution in [3.8, 4) is 5.75 Å². The number of benzene rings is 2. The summed E-state index contributed by atoms with van der Waals surface area (Å²) in [7, 11) is 1.66. The van der Waals surface area contributed by atoms with Gasteiger partial charge in [-0.2, -0.15) is 0 Å². The van der Waals surface area contributed by atoms with E-state index in [9.17, 15) is 0 Å². The van der Waals surface area contributed by atoms with Gasteiger partial charge in [-0.05, 0) is 40.8 Å². The summed E-state index contributed by atoms with van der Waals surface area (Å²) in [6.07, 6.45) is 0. The first-order valence-corrected chi connectivity index (χ1v) is 7.51. The zero-order valence-electron chi connectivity index (χ0n) is 12.1. The topological polar surface area (TPSA) is 35.2 Å². The molecule has 0 aliphatic heterocycles. The van der Waals surface area contributed by atoms with Gasteiger partial charge in [-0.25, -0.2) is 0 Å². The number of nitrogens with two attached hydrogens (primary N) is 1. The van der Waals surface area contributed by atoms with Gasteiger partial charge in [-0.3, -0.25) is 0 Å². The fourth-order valence-electron chi connectivity index (χ4n) is 2.15. The molecule has 2 N–H and O–H groups in total. The van der Waals surface area contributed by atoms with Crippen molar-refractivity contribution in [2.24, 2.45) is 5.73 Å². The summed E-state index contributed by atoms with van der Waals surface area (Å²) in [4.78, 5) is 0. The predicted octanol–water partition coefficient (Wildman–Crippen LogP) is 4.63. The van der Waals surface area contributed by atoms with Gasteiger partial charge in [0.15, 0.2) is 0 Å². The molecule has 2 rings (SSSR count). The Kier molecular flexibility index (Phi) is 4.84. The summed E-state index contributed by atoms with van der Waals surface area (Å²) >= 11 is 3.56. The van der Waals surface area contributed by atoms with Crippen LogP contribution in [0.1, 0.15) is 42.5 Å². The lowest BCUT2D eigenvalue weighted by Crippen LogP contribution is -2.12. The number of ether oxygens (including phenoxy) is 1. The Morgan fingerprint density at radius 2 is 1.60 bits per heavy atom. The number of hydrogen-bond donors (Lipinski definition) is 1. The number of methoxy groups -OCH3 is 1. The first-order chi connectivity index (χ1) is 9.52. The Bertz CT molecular complexity index is 578. The van der Waals surface area contributed by atoms with E-state index in [0.29, 0.717) is 5.92 Å². The molecule has 1 unspecified atom stereocenters. The van der Waals surface area contributed by atoms with E-state index < -0.39 is 0 Å². The molecule has 0 amide bonds. The molecule has 0 radical (unpaired) electrons. The van der Waals surface area contributed by atoms with Crippen LogP contribution in [0.25, 0.3) is 0 Å². The number of rotatable bonds is 4. The molecule has 0 spiro atoms. The highest BCUT2D eigenvalue weighted by Crippen LogP contribution is 2.30. The highest BCUT2D eigenvalue weighted by Gasteiger charge is 2.13. The Hall–Kier alpha value is -1.32. The molecule has 0 bridgehead atoms. The molecule has 2 nitrogen and oxygen atoms in total. The molecule has 0 aliphatic rings. The molecule has 0 fully saturated rings. The highest BCUT2D eigenvalue weighted by molar-refractivity contribution is 9.10. The predicted molar refractivity (Wildman–Crippen MR) is 87.3 cm³/mol. The van der Waals surface area contributed by atoms with Gasteiger partial charge in [-0.1, -0.05) is 54.0 Å². The average molecular weight is 334 g/mol. The van der Waals surface area contributed by atoms with Crippen LogP contribution in [-0.4, -0.2) is 7.11 Å². The number of hydrogen-bond acceptors (Lipinski definition) is 2. The van der Waals surface area contributed by atoms with Gasteiger partial charge in [-0.15, -0.1) is 0 Å².